The van der Waals surface area contributed by atoms with E-state index in [4.69, 9.17) is 23.2 Å². The highest BCUT2D eigenvalue weighted by atomic mass is 35.5. The summed E-state index contributed by atoms with van der Waals surface area (Å²) in [5, 5.41) is 12.4. The van der Waals surface area contributed by atoms with Crippen molar-refractivity contribution in [3.63, 3.8) is 0 Å². The van der Waals surface area contributed by atoms with Crippen molar-refractivity contribution in [2.24, 2.45) is 5.92 Å². The lowest BCUT2D eigenvalue weighted by atomic mass is 9.77. The summed E-state index contributed by atoms with van der Waals surface area (Å²) in [6.45, 7) is 2.08. The second-order valence-electron chi connectivity index (χ2n) is 5.51. The number of halogens is 2. The molecule has 1 aromatic heterocycles. The monoisotopic (exact) mass is 330 g/mol. The number of nitrogens with one attached hydrogen (secondary N) is 1. The van der Waals surface area contributed by atoms with E-state index in [-0.39, 0.29) is 15.7 Å². The zero-order valence-electron chi connectivity index (χ0n) is 11.5. The average molecular weight is 331 g/mol. The molecular formula is C14H16Cl2N2O3. The largest absolute Gasteiger partial charge is 0.480 e. The van der Waals surface area contributed by atoms with Crippen molar-refractivity contribution in [3.8, 4) is 0 Å². The minimum Gasteiger partial charge on any atom is -0.480 e. The Morgan fingerprint density at radius 3 is 2.57 bits per heavy atom. The van der Waals surface area contributed by atoms with Crippen molar-refractivity contribution in [2.75, 3.05) is 0 Å². The summed E-state index contributed by atoms with van der Waals surface area (Å²) < 4.78 is 0. The normalized spacial score (nSPS) is 25.4. The molecular weight excluding hydrogens is 315 g/mol. The van der Waals surface area contributed by atoms with Crippen molar-refractivity contribution in [1.29, 1.82) is 0 Å². The SMILES string of the molecule is CC1CCC(NC(=O)c2cc(Cl)ncc2Cl)(C(=O)O)CC1. The number of nitrogens with zero attached hydrogens (tertiary/aromatic N) is 1. The predicted molar refractivity (Wildman–Crippen MR) is 79.7 cm³/mol. The molecule has 1 fully saturated rings. The van der Waals surface area contributed by atoms with E-state index in [2.05, 4.69) is 17.2 Å². The van der Waals surface area contributed by atoms with Crippen molar-refractivity contribution >= 4 is 35.1 Å². The summed E-state index contributed by atoms with van der Waals surface area (Å²) in [6.07, 6.45) is 3.61. The average Bonchev–Trinajstić information content (AvgIpc) is 2.44. The van der Waals surface area contributed by atoms with Gasteiger partial charge in [-0.25, -0.2) is 9.78 Å². The number of pyridine rings is 1. The van der Waals surface area contributed by atoms with Gasteiger partial charge >= 0.3 is 5.97 Å². The molecule has 2 rings (SSSR count). The van der Waals surface area contributed by atoms with E-state index in [0.717, 1.165) is 12.8 Å². The summed E-state index contributed by atoms with van der Waals surface area (Å²) in [5.41, 5.74) is -1.10. The molecule has 1 amide bonds. The number of carbonyl (C=O) groups excluding carboxylic acids is 1. The molecule has 0 unspecified atom stereocenters. The molecule has 0 bridgehead atoms. The molecule has 21 heavy (non-hydrogen) atoms. The molecule has 7 heteroatoms. The molecule has 114 valence electrons. The molecule has 1 aromatic rings. The number of rotatable bonds is 3. The molecule has 1 aliphatic rings. The smallest absolute Gasteiger partial charge is 0.329 e. The molecule has 1 saturated carbocycles. The van der Waals surface area contributed by atoms with E-state index in [9.17, 15) is 14.7 Å². The van der Waals surface area contributed by atoms with E-state index in [1.165, 1.54) is 12.3 Å². The summed E-state index contributed by atoms with van der Waals surface area (Å²) in [7, 11) is 0. The van der Waals surface area contributed by atoms with Crippen LogP contribution in [0.25, 0.3) is 0 Å². The zero-order valence-corrected chi connectivity index (χ0v) is 13.0. The molecule has 0 aliphatic heterocycles. The highest BCUT2D eigenvalue weighted by molar-refractivity contribution is 6.35. The summed E-state index contributed by atoms with van der Waals surface area (Å²) in [5.74, 6) is -1.09. The first-order chi connectivity index (χ1) is 9.84. The zero-order chi connectivity index (χ0) is 15.6. The fourth-order valence-electron chi connectivity index (χ4n) is 2.52. The van der Waals surface area contributed by atoms with E-state index in [1.54, 1.807) is 0 Å². The van der Waals surface area contributed by atoms with Crippen molar-refractivity contribution in [2.45, 2.75) is 38.1 Å². The number of carboxylic acid groups (broad SMARTS) is 1. The topological polar surface area (TPSA) is 79.3 Å². The van der Waals surface area contributed by atoms with Gasteiger partial charge in [0.2, 0.25) is 0 Å². The third-order valence-electron chi connectivity index (χ3n) is 3.96. The van der Waals surface area contributed by atoms with Crippen LogP contribution in [-0.4, -0.2) is 27.5 Å². The maximum atomic E-state index is 12.3. The number of hydrogen-bond donors (Lipinski definition) is 2. The summed E-state index contributed by atoms with van der Waals surface area (Å²) >= 11 is 11.7. The lowest BCUT2D eigenvalue weighted by Crippen LogP contribution is -2.56. The second-order valence-corrected chi connectivity index (χ2v) is 6.31. The van der Waals surface area contributed by atoms with Gasteiger partial charge in [-0.15, -0.1) is 0 Å². The maximum absolute atomic E-state index is 12.3. The van der Waals surface area contributed by atoms with Crippen LogP contribution in [0.5, 0.6) is 0 Å². The second kappa shape index (κ2) is 6.20. The van der Waals surface area contributed by atoms with Crippen LogP contribution in [-0.2, 0) is 4.79 Å². The lowest BCUT2D eigenvalue weighted by molar-refractivity contribution is -0.146. The maximum Gasteiger partial charge on any atom is 0.329 e. The fourth-order valence-corrected chi connectivity index (χ4v) is 2.87. The number of amides is 1. The van der Waals surface area contributed by atoms with Gasteiger partial charge in [0.15, 0.2) is 0 Å². The molecule has 0 aromatic carbocycles. The fraction of sp³-hybridized carbons (Fsp3) is 0.500. The standard InChI is InChI=1S/C14H16Cl2N2O3/c1-8-2-4-14(5-3-8,13(20)21)18-12(19)9-6-11(16)17-7-10(9)15/h6-8H,2-5H2,1H3,(H,18,19)(H,20,21). The first kappa shape index (κ1) is 16.0. The van der Waals surface area contributed by atoms with E-state index < -0.39 is 17.4 Å². The molecule has 1 aliphatic carbocycles. The molecule has 0 spiro atoms. The van der Waals surface area contributed by atoms with Crippen molar-refractivity contribution < 1.29 is 14.7 Å². The number of aliphatic carboxylic acids is 1. The minimum atomic E-state index is -1.23. The Balaban J connectivity index is 2.23. The molecule has 0 saturated heterocycles. The highest BCUT2D eigenvalue weighted by Crippen LogP contribution is 2.33. The Hall–Kier alpha value is -1.33. The number of aromatic nitrogens is 1. The third-order valence-corrected chi connectivity index (χ3v) is 4.46. The van der Waals surface area contributed by atoms with E-state index >= 15 is 0 Å². The minimum absolute atomic E-state index is 0.131. The first-order valence-corrected chi connectivity index (χ1v) is 7.46. The van der Waals surface area contributed by atoms with Crippen LogP contribution in [0.4, 0.5) is 0 Å². The Morgan fingerprint density at radius 1 is 1.38 bits per heavy atom. The van der Waals surface area contributed by atoms with Crippen LogP contribution in [0.15, 0.2) is 12.3 Å². The van der Waals surface area contributed by atoms with Gasteiger partial charge in [-0.1, -0.05) is 30.1 Å². The Bertz CT molecular complexity index is 569. The van der Waals surface area contributed by atoms with Crippen molar-refractivity contribution in [3.05, 3.63) is 28.0 Å². The van der Waals surface area contributed by atoms with Gasteiger partial charge in [0.25, 0.3) is 5.91 Å². The van der Waals surface area contributed by atoms with Gasteiger partial charge in [0, 0.05) is 6.20 Å². The predicted octanol–water partition coefficient (Wildman–Crippen LogP) is 3.15. The van der Waals surface area contributed by atoms with Crippen molar-refractivity contribution in [1.82, 2.24) is 10.3 Å². The molecule has 2 N–H and O–H groups in total. The molecule has 1 heterocycles. The van der Waals surface area contributed by atoms with Gasteiger partial charge in [-0.05, 0) is 37.7 Å². The first-order valence-electron chi connectivity index (χ1n) is 6.71. The Morgan fingerprint density at radius 2 is 2.00 bits per heavy atom. The molecule has 5 nitrogen and oxygen atoms in total. The van der Waals surface area contributed by atoms with Gasteiger partial charge in [-0.3, -0.25) is 4.79 Å². The van der Waals surface area contributed by atoms with Gasteiger partial charge in [0.1, 0.15) is 10.7 Å². The van der Waals surface area contributed by atoms with Crippen LogP contribution in [0.3, 0.4) is 0 Å². The van der Waals surface area contributed by atoms with Crippen LogP contribution < -0.4 is 5.32 Å². The molecule has 0 radical (unpaired) electrons. The quantitative estimate of drug-likeness (QED) is 0.834. The lowest BCUT2D eigenvalue weighted by Gasteiger charge is -2.36. The summed E-state index contributed by atoms with van der Waals surface area (Å²) in [6, 6.07) is 1.33. The summed E-state index contributed by atoms with van der Waals surface area (Å²) in [4.78, 5) is 27.7. The number of carbonyl (C=O) groups is 2. The Labute approximate surface area is 132 Å². The Kier molecular flexibility index (Phi) is 4.74. The third kappa shape index (κ3) is 3.47. The van der Waals surface area contributed by atoms with Crippen LogP contribution in [0, 0.1) is 5.92 Å². The van der Waals surface area contributed by atoms with E-state index in [1.807, 2.05) is 0 Å². The van der Waals surface area contributed by atoms with E-state index in [0.29, 0.717) is 18.8 Å². The highest BCUT2D eigenvalue weighted by Gasteiger charge is 2.42. The number of carboxylic acids is 1. The van der Waals surface area contributed by atoms with Crippen LogP contribution in [0.1, 0.15) is 43.0 Å². The molecule has 0 atom stereocenters. The van der Waals surface area contributed by atoms with Crippen LogP contribution in [0.2, 0.25) is 10.2 Å². The van der Waals surface area contributed by atoms with Gasteiger partial charge in [0.05, 0.1) is 10.6 Å². The van der Waals surface area contributed by atoms with Gasteiger partial charge < -0.3 is 10.4 Å². The van der Waals surface area contributed by atoms with Crippen LogP contribution >= 0.6 is 23.2 Å². The number of hydrogen-bond acceptors (Lipinski definition) is 3. The van der Waals surface area contributed by atoms with Gasteiger partial charge in [-0.2, -0.15) is 0 Å².